The predicted molar refractivity (Wildman–Crippen MR) is 80.9 cm³/mol. The van der Waals surface area contributed by atoms with Gasteiger partial charge >= 0.3 is 0 Å². The summed E-state index contributed by atoms with van der Waals surface area (Å²) >= 11 is 0. The summed E-state index contributed by atoms with van der Waals surface area (Å²) in [5.41, 5.74) is 3.96. The molecule has 0 spiro atoms. The smallest absolute Gasteiger partial charge is 0.0725 e. The largest absolute Gasteiger partial charge is 0.382 e. The van der Waals surface area contributed by atoms with E-state index in [-0.39, 0.29) is 0 Å². The van der Waals surface area contributed by atoms with Crippen molar-refractivity contribution in [3.05, 3.63) is 41.7 Å². The number of benzene rings is 1. The Labute approximate surface area is 120 Å². The van der Waals surface area contributed by atoms with E-state index in [9.17, 15) is 0 Å². The van der Waals surface area contributed by atoms with Gasteiger partial charge in [0.1, 0.15) is 0 Å². The van der Waals surface area contributed by atoms with Crippen LogP contribution in [0.15, 0.2) is 30.5 Å². The average molecular weight is 270 g/mol. The molecule has 0 saturated heterocycles. The minimum atomic E-state index is 0.519. The summed E-state index contributed by atoms with van der Waals surface area (Å²) in [6, 6.07) is 9.17. The van der Waals surface area contributed by atoms with Crippen LogP contribution in [0, 0.1) is 0 Å². The molecule has 0 fully saturated rings. The fourth-order valence-electron chi connectivity index (χ4n) is 3.15. The van der Waals surface area contributed by atoms with E-state index in [4.69, 9.17) is 0 Å². The summed E-state index contributed by atoms with van der Waals surface area (Å²) in [6.45, 7) is 5.38. The van der Waals surface area contributed by atoms with Crippen molar-refractivity contribution in [2.75, 3.05) is 5.32 Å². The molecule has 0 saturated carbocycles. The first kappa shape index (κ1) is 13.2. The molecule has 20 heavy (non-hydrogen) atoms. The van der Waals surface area contributed by atoms with E-state index < -0.39 is 0 Å². The monoisotopic (exact) mass is 270 g/mol. The van der Waals surface area contributed by atoms with Crippen LogP contribution in [0.1, 0.15) is 43.9 Å². The number of hydrogen-bond acceptors (Lipinski definition) is 3. The van der Waals surface area contributed by atoms with Gasteiger partial charge in [0.2, 0.25) is 0 Å². The number of nitrogens with zero attached hydrogens (tertiary/aromatic N) is 3. The number of rotatable bonds is 4. The normalized spacial score (nSPS) is 21.3. The van der Waals surface area contributed by atoms with Gasteiger partial charge in [0.15, 0.2) is 0 Å². The maximum absolute atomic E-state index is 4.20. The molecular weight excluding hydrogens is 248 g/mol. The second kappa shape index (κ2) is 5.65. The molecule has 2 aromatic rings. The van der Waals surface area contributed by atoms with E-state index in [1.54, 1.807) is 0 Å². The van der Waals surface area contributed by atoms with Gasteiger partial charge in [-0.3, -0.25) is 0 Å². The number of aryl methyl sites for hydroxylation is 1. The van der Waals surface area contributed by atoms with Crippen LogP contribution in [-0.4, -0.2) is 21.0 Å². The number of aromatic nitrogens is 3. The summed E-state index contributed by atoms with van der Waals surface area (Å²) in [5, 5.41) is 11.8. The highest BCUT2D eigenvalue weighted by molar-refractivity contribution is 5.55. The van der Waals surface area contributed by atoms with E-state index in [0.29, 0.717) is 12.0 Å². The van der Waals surface area contributed by atoms with Gasteiger partial charge in [-0.1, -0.05) is 30.3 Å². The molecule has 3 rings (SSSR count). The highest BCUT2D eigenvalue weighted by atomic mass is 15.4. The molecule has 0 aliphatic carbocycles. The molecule has 2 heterocycles. The lowest BCUT2D eigenvalue weighted by atomic mass is 9.84. The van der Waals surface area contributed by atoms with Crippen LogP contribution in [0.4, 0.5) is 5.69 Å². The van der Waals surface area contributed by atoms with Crippen molar-refractivity contribution in [2.24, 2.45) is 0 Å². The fourth-order valence-corrected chi connectivity index (χ4v) is 3.15. The minimum absolute atomic E-state index is 0.519. The van der Waals surface area contributed by atoms with Crippen molar-refractivity contribution in [3.8, 4) is 0 Å². The van der Waals surface area contributed by atoms with Crippen molar-refractivity contribution in [2.45, 2.75) is 51.6 Å². The third kappa shape index (κ3) is 2.55. The first-order valence-electron chi connectivity index (χ1n) is 7.50. The van der Waals surface area contributed by atoms with E-state index >= 15 is 0 Å². The van der Waals surface area contributed by atoms with E-state index in [1.807, 2.05) is 6.20 Å². The number of anilines is 1. The molecule has 106 valence electrons. The highest BCUT2D eigenvalue weighted by Gasteiger charge is 2.25. The van der Waals surface area contributed by atoms with Crippen molar-refractivity contribution < 1.29 is 0 Å². The molecule has 2 atom stereocenters. The molecule has 0 amide bonds. The Balaban J connectivity index is 1.85. The van der Waals surface area contributed by atoms with Crippen LogP contribution in [-0.2, 0) is 13.0 Å². The Bertz CT molecular complexity index is 575. The van der Waals surface area contributed by atoms with E-state index in [0.717, 1.165) is 25.8 Å². The zero-order valence-electron chi connectivity index (χ0n) is 12.2. The molecule has 1 aliphatic heterocycles. The summed E-state index contributed by atoms with van der Waals surface area (Å²) < 4.78 is 2.05. The Morgan fingerprint density at radius 2 is 2.20 bits per heavy atom. The molecule has 1 aromatic carbocycles. The van der Waals surface area contributed by atoms with Gasteiger partial charge in [-0.25, -0.2) is 4.68 Å². The lowest BCUT2D eigenvalue weighted by molar-refractivity contribution is 0.505. The Hall–Kier alpha value is -1.84. The maximum Gasteiger partial charge on any atom is 0.0725 e. The van der Waals surface area contributed by atoms with Gasteiger partial charge in [-0.15, -0.1) is 5.10 Å². The van der Waals surface area contributed by atoms with Gasteiger partial charge in [0, 0.05) is 18.3 Å². The Kier molecular flexibility index (Phi) is 3.72. The minimum Gasteiger partial charge on any atom is -0.382 e. The van der Waals surface area contributed by atoms with Crippen LogP contribution in [0.2, 0.25) is 0 Å². The topological polar surface area (TPSA) is 42.7 Å². The summed E-state index contributed by atoms with van der Waals surface area (Å²) in [4.78, 5) is 0. The van der Waals surface area contributed by atoms with Gasteiger partial charge in [-0.05, 0) is 43.7 Å². The average Bonchev–Trinajstić information content (AvgIpc) is 2.86. The van der Waals surface area contributed by atoms with E-state index in [1.165, 1.54) is 16.9 Å². The van der Waals surface area contributed by atoms with Crippen LogP contribution in [0.5, 0.6) is 0 Å². The molecule has 1 aromatic heterocycles. The first-order valence-corrected chi connectivity index (χ1v) is 7.50. The lowest BCUT2D eigenvalue weighted by Gasteiger charge is -2.31. The van der Waals surface area contributed by atoms with Gasteiger partial charge in [0.25, 0.3) is 0 Å². The second-order valence-electron chi connectivity index (χ2n) is 5.72. The summed E-state index contributed by atoms with van der Waals surface area (Å²) in [5.74, 6) is 0.552. The van der Waals surface area contributed by atoms with Gasteiger partial charge in [-0.2, -0.15) is 0 Å². The van der Waals surface area contributed by atoms with Crippen molar-refractivity contribution >= 4 is 5.69 Å². The fraction of sp³-hybridized carbons (Fsp3) is 0.500. The molecular formula is C16H22N4. The SMILES string of the molecule is CCCn1nncc1CC1CC(C)Nc2ccccc21. The molecule has 4 heteroatoms. The highest BCUT2D eigenvalue weighted by Crippen LogP contribution is 2.36. The maximum atomic E-state index is 4.20. The lowest BCUT2D eigenvalue weighted by Crippen LogP contribution is -2.26. The zero-order chi connectivity index (χ0) is 13.9. The van der Waals surface area contributed by atoms with Crippen molar-refractivity contribution in [1.82, 2.24) is 15.0 Å². The quantitative estimate of drug-likeness (QED) is 0.927. The van der Waals surface area contributed by atoms with Crippen LogP contribution in [0.3, 0.4) is 0 Å². The Morgan fingerprint density at radius 1 is 1.35 bits per heavy atom. The number of nitrogens with one attached hydrogen (secondary N) is 1. The van der Waals surface area contributed by atoms with Crippen LogP contribution in [0.25, 0.3) is 0 Å². The molecule has 2 unspecified atom stereocenters. The third-order valence-electron chi connectivity index (χ3n) is 4.03. The van der Waals surface area contributed by atoms with Gasteiger partial charge in [0.05, 0.1) is 11.9 Å². The molecule has 1 N–H and O–H groups in total. The number of fused-ring (bicyclic) bond motifs is 1. The van der Waals surface area contributed by atoms with Crippen molar-refractivity contribution in [3.63, 3.8) is 0 Å². The zero-order valence-corrected chi connectivity index (χ0v) is 12.2. The van der Waals surface area contributed by atoms with Crippen LogP contribution >= 0.6 is 0 Å². The van der Waals surface area contributed by atoms with E-state index in [2.05, 4.69) is 58.4 Å². The van der Waals surface area contributed by atoms with Crippen LogP contribution < -0.4 is 5.32 Å². The third-order valence-corrected chi connectivity index (χ3v) is 4.03. The molecule has 0 bridgehead atoms. The molecule has 1 aliphatic rings. The standard InChI is InChI=1S/C16H22N4/c1-3-8-20-14(11-17-19-20)10-13-9-12(2)18-16-7-5-4-6-15(13)16/h4-7,11-13,18H,3,8-10H2,1-2H3. The molecule has 4 nitrogen and oxygen atoms in total. The molecule has 0 radical (unpaired) electrons. The summed E-state index contributed by atoms with van der Waals surface area (Å²) in [7, 11) is 0. The first-order chi connectivity index (χ1) is 9.78. The van der Waals surface area contributed by atoms with Gasteiger partial charge < -0.3 is 5.32 Å². The number of hydrogen-bond donors (Lipinski definition) is 1. The summed E-state index contributed by atoms with van der Waals surface area (Å²) in [6.07, 6.45) is 5.20. The second-order valence-corrected chi connectivity index (χ2v) is 5.72. The van der Waals surface area contributed by atoms with Crippen molar-refractivity contribution in [1.29, 1.82) is 0 Å². The number of para-hydroxylation sites is 1. The Morgan fingerprint density at radius 3 is 3.05 bits per heavy atom. The predicted octanol–water partition coefficient (Wildman–Crippen LogP) is 3.22.